The second-order valence-corrected chi connectivity index (χ2v) is 4.95. The maximum absolute atomic E-state index is 13.7. The number of likely N-dealkylation sites (N-methyl/N-ethyl adjacent to an activating group) is 1. The molecule has 0 aliphatic carbocycles. The zero-order valence-electron chi connectivity index (χ0n) is 11.5. The molecule has 1 rings (SSSR count). The van der Waals surface area contributed by atoms with Crippen LogP contribution in [0.2, 0.25) is 0 Å². The highest BCUT2D eigenvalue weighted by Crippen LogP contribution is 2.19. The molecule has 1 amide bonds. The van der Waals surface area contributed by atoms with Crippen molar-refractivity contribution in [1.82, 2.24) is 10.2 Å². The van der Waals surface area contributed by atoms with Crippen LogP contribution in [-0.2, 0) is 0 Å². The molecule has 3 nitrogen and oxygen atoms in total. The summed E-state index contributed by atoms with van der Waals surface area (Å²) < 4.78 is 13.7. The summed E-state index contributed by atoms with van der Waals surface area (Å²) in [6.45, 7) is 5.17. The number of hydrogen-bond donors (Lipinski definition) is 1. The Labute approximate surface area is 108 Å². The highest BCUT2D eigenvalue weighted by Gasteiger charge is 2.11. The van der Waals surface area contributed by atoms with Gasteiger partial charge in [0.1, 0.15) is 5.82 Å². The van der Waals surface area contributed by atoms with Crippen molar-refractivity contribution in [2.75, 3.05) is 27.2 Å². The molecule has 0 bridgehead atoms. The quantitative estimate of drug-likeness (QED) is 0.871. The van der Waals surface area contributed by atoms with Crippen LogP contribution in [0, 0.1) is 5.82 Å². The Morgan fingerprint density at radius 3 is 2.56 bits per heavy atom. The summed E-state index contributed by atoms with van der Waals surface area (Å²) in [7, 11) is 3.87. The normalized spacial score (nSPS) is 11.1. The molecule has 100 valence electrons. The molecule has 0 heterocycles. The van der Waals surface area contributed by atoms with Gasteiger partial charge in [-0.25, -0.2) is 4.39 Å². The maximum atomic E-state index is 13.7. The van der Waals surface area contributed by atoms with E-state index < -0.39 is 0 Å². The number of carbonyl (C=O) groups excluding carboxylic acids is 1. The molecule has 1 N–H and O–H groups in total. The Hall–Kier alpha value is -1.42. The Bertz CT molecular complexity index is 416. The summed E-state index contributed by atoms with van der Waals surface area (Å²) in [5, 5.41) is 2.76. The number of benzene rings is 1. The first kappa shape index (κ1) is 14.6. The minimum absolute atomic E-state index is 0.121. The van der Waals surface area contributed by atoms with Gasteiger partial charge in [0, 0.05) is 18.7 Å². The second-order valence-electron chi connectivity index (χ2n) is 4.95. The van der Waals surface area contributed by atoms with E-state index in [-0.39, 0.29) is 17.6 Å². The lowest BCUT2D eigenvalue weighted by atomic mass is 10.0. The third-order valence-electron chi connectivity index (χ3n) is 2.73. The number of amides is 1. The number of rotatable bonds is 5. The molecule has 1 aromatic rings. The zero-order chi connectivity index (χ0) is 13.7. The summed E-state index contributed by atoms with van der Waals surface area (Å²) in [6, 6.07) is 4.66. The van der Waals surface area contributed by atoms with Gasteiger partial charge in [0.25, 0.3) is 5.91 Å². The van der Waals surface area contributed by atoms with E-state index in [9.17, 15) is 9.18 Å². The Morgan fingerprint density at radius 2 is 2.06 bits per heavy atom. The first-order valence-corrected chi connectivity index (χ1v) is 6.14. The van der Waals surface area contributed by atoms with E-state index >= 15 is 0 Å². The number of nitrogens with one attached hydrogen (secondary N) is 1. The number of halogens is 1. The van der Waals surface area contributed by atoms with Gasteiger partial charge in [0.2, 0.25) is 0 Å². The lowest BCUT2D eigenvalue weighted by Gasteiger charge is -2.11. The molecule has 0 aliphatic heterocycles. The van der Waals surface area contributed by atoms with Crippen LogP contribution in [0.25, 0.3) is 0 Å². The van der Waals surface area contributed by atoms with Crippen molar-refractivity contribution in [2.45, 2.75) is 19.8 Å². The minimum atomic E-state index is -0.315. The lowest BCUT2D eigenvalue weighted by molar-refractivity contribution is 0.0950. The van der Waals surface area contributed by atoms with Gasteiger partial charge in [-0.3, -0.25) is 4.79 Å². The molecular formula is C14H21FN2O. The fourth-order valence-corrected chi connectivity index (χ4v) is 1.63. The van der Waals surface area contributed by atoms with Gasteiger partial charge in [0.15, 0.2) is 0 Å². The van der Waals surface area contributed by atoms with E-state index in [1.807, 2.05) is 32.8 Å². The number of carbonyl (C=O) groups is 1. The summed E-state index contributed by atoms with van der Waals surface area (Å²) in [6.07, 6.45) is 0. The third kappa shape index (κ3) is 4.11. The molecular weight excluding hydrogens is 231 g/mol. The second kappa shape index (κ2) is 6.50. The average Bonchev–Trinajstić information content (AvgIpc) is 2.27. The fourth-order valence-electron chi connectivity index (χ4n) is 1.63. The zero-order valence-corrected chi connectivity index (χ0v) is 11.5. The SMILES string of the molecule is CC(C)c1ccc(C(=O)NCCN(C)C)cc1F. The summed E-state index contributed by atoms with van der Waals surface area (Å²) in [5.41, 5.74) is 1.01. The summed E-state index contributed by atoms with van der Waals surface area (Å²) in [5.74, 6) is -0.424. The number of nitrogens with zero attached hydrogens (tertiary/aromatic N) is 1. The molecule has 0 fully saturated rings. The highest BCUT2D eigenvalue weighted by atomic mass is 19.1. The van der Waals surface area contributed by atoms with Crippen LogP contribution in [0.4, 0.5) is 4.39 Å². The largest absolute Gasteiger partial charge is 0.351 e. The predicted molar refractivity (Wildman–Crippen MR) is 71.4 cm³/mol. The van der Waals surface area contributed by atoms with E-state index in [1.165, 1.54) is 6.07 Å². The van der Waals surface area contributed by atoms with Gasteiger partial charge < -0.3 is 10.2 Å². The van der Waals surface area contributed by atoms with E-state index in [0.717, 1.165) is 6.54 Å². The van der Waals surface area contributed by atoms with Crippen LogP contribution in [-0.4, -0.2) is 38.0 Å². The molecule has 0 spiro atoms. The molecule has 0 atom stereocenters. The number of hydrogen-bond acceptors (Lipinski definition) is 2. The molecule has 1 aromatic carbocycles. The van der Waals surface area contributed by atoms with Crippen molar-refractivity contribution in [3.8, 4) is 0 Å². The van der Waals surface area contributed by atoms with Gasteiger partial charge in [-0.15, -0.1) is 0 Å². The molecule has 0 unspecified atom stereocenters. The van der Waals surface area contributed by atoms with Crippen molar-refractivity contribution in [3.05, 3.63) is 35.1 Å². The Kier molecular flexibility index (Phi) is 5.28. The van der Waals surface area contributed by atoms with Crippen molar-refractivity contribution in [3.63, 3.8) is 0 Å². The third-order valence-corrected chi connectivity index (χ3v) is 2.73. The van der Waals surface area contributed by atoms with Crippen LogP contribution in [0.3, 0.4) is 0 Å². The van der Waals surface area contributed by atoms with Crippen molar-refractivity contribution in [1.29, 1.82) is 0 Å². The van der Waals surface area contributed by atoms with E-state index in [2.05, 4.69) is 5.32 Å². The first-order chi connectivity index (χ1) is 8.41. The standard InChI is InChI=1S/C14H21FN2O/c1-10(2)12-6-5-11(9-13(12)15)14(18)16-7-8-17(3)4/h5-6,9-10H,7-8H2,1-4H3,(H,16,18). The fraction of sp³-hybridized carbons (Fsp3) is 0.500. The average molecular weight is 252 g/mol. The van der Waals surface area contributed by atoms with Gasteiger partial charge in [-0.1, -0.05) is 19.9 Å². The van der Waals surface area contributed by atoms with Gasteiger partial charge >= 0.3 is 0 Å². The van der Waals surface area contributed by atoms with Crippen molar-refractivity contribution >= 4 is 5.91 Å². The lowest BCUT2D eigenvalue weighted by Crippen LogP contribution is -2.31. The molecule has 0 saturated carbocycles. The molecule has 0 saturated heterocycles. The molecule has 18 heavy (non-hydrogen) atoms. The van der Waals surface area contributed by atoms with Crippen LogP contribution in [0.15, 0.2) is 18.2 Å². The van der Waals surface area contributed by atoms with Crippen molar-refractivity contribution < 1.29 is 9.18 Å². The first-order valence-electron chi connectivity index (χ1n) is 6.14. The molecule has 0 radical (unpaired) electrons. The van der Waals surface area contributed by atoms with E-state index in [1.54, 1.807) is 12.1 Å². The Balaban J connectivity index is 2.67. The summed E-state index contributed by atoms with van der Waals surface area (Å²) >= 11 is 0. The van der Waals surface area contributed by atoms with Crippen LogP contribution in [0.1, 0.15) is 35.7 Å². The maximum Gasteiger partial charge on any atom is 0.251 e. The molecule has 0 aromatic heterocycles. The van der Waals surface area contributed by atoms with Crippen LogP contribution < -0.4 is 5.32 Å². The Morgan fingerprint density at radius 1 is 1.39 bits per heavy atom. The predicted octanol–water partition coefficient (Wildman–Crippen LogP) is 2.24. The smallest absolute Gasteiger partial charge is 0.251 e. The van der Waals surface area contributed by atoms with Gasteiger partial charge in [-0.05, 0) is 37.7 Å². The van der Waals surface area contributed by atoms with Crippen molar-refractivity contribution in [2.24, 2.45) is 0 Å². The molecule has 0 aliphatic rings. The van der Waals surface area contributed by atoms with Crippen LogP contribution >= 0.6 is 0 Å². The van der Waals surface area contributed by atoms with Crippen LogP contribution in [0.5, 0.6) is 0 Å². The van der Waals surface area contributed by atoms with Gasteiger partial charge in [0.05, 0.1) is 0 Å². The summed E-state index contributed by atoms with van der Waals surface area (Å²) in [4.78, 5) is 13.7. The minimum Gasteiger partial charge on any atom is -0.351 e. The van der Waals surface area contributed by atoms with E-state index in [0.29, 0.717) is 17.7 Å². The van der Waals surface area contributed by atoms with Gasteiger partial charge in [-0.2, -0.15) is 0 Å². The monoisotopic (exact) mass is 252 g/mol. The van der Waals surface area contributed by atoms with E-state index in [4.69, 9.17) is 0 Å². The highest BCUT2D eigenvalue weighted by molar-refractivity contribution is 5.94. The molecule has 4 heteroatoms. The topological polar surface area (TPSA) is 32.3 Å².